The van der Waals surface area contributed by atoms with Gasteiger partial charge < -0.3 is 10.6 Å². The lowest BCUT2D eigenvalue weighted by Crippen LogP contribution is -2.22. The molecule has 3 aromatic rings. The van der Waals surface area contributed by atoms with Crippen molar-refractivity contribution in [1.82, 2.24) is 10.3 Å². The molecule has 1 heterocycles. The minimum atomic E-state index is -0.268. The molecule has 2 N–H and O–H groups in total. The van der Waals surface area contributed by atoms with Gasteiger partial charge in [-0.25, -0.2) is 4.98 Å². The topological polar surface area (TPSA) is 91.4 Å². The van der Waals surface area contributed by atoms with Crippen LogP contribution in [0.4, 0.5) is 16.5 Å². The second kappa shape index (κ2) is 11.9. The molecule has 8 heteroatoms. The largest absolute Gasteiger partial charge is 0.348 e. The summed E-state index contributed by atoms with van der Waals surface area (Å²) in [6, 6.07) is 16.7. The first-order valence-electron chi connectivity index (χ1n) is 11.0. The second-order valence-corrected chi connectivity index (χ2v) is 8.63. The van der Waals surface area contributed by atoms with Crippen molar-refractivity contribution in [3.63, 3.8) is 0 Å². The number of para-hydroxylation sites is 1. The molecule has 3 rings (SSSR count). The number of amides is 3. The van der Waals surface area contributed by atoms with Gasteiger partial charge in [0.25, 0.3) is 0 Å². The normalized spacial score (nSPS) is 11.7. The molecule has 0 aliphatic rings. The molecule has 0 fully saturated rings. The van der Waals surface area contributed by atoms with E-state index in [0.29, 0.717) is 23.1 Å². The van der Waals surface area contributed by atoms with E-state index < -0.39 is 0 Å². The van der Waals surface area contributed by atoms with Crippen molar-refractivity contribution in [2.75, 3.05) is 10.2 Å². The van der Waals surface area contributed by atoms with Crippen LogP contribution in [0.3, 0.4) is 0 Å². The average molecular weight is 477 g/mol. The zero-order valence-electron chi connectivity index (χ0n) is 19.4. The van der Waals surface area contributed by atoms with Crippen LogP contribution in [-0.2, 0) is 20.9 Å². The van der Waals surface area contributed by atoms with Gasteiger partial charge in [-0.2, -0.15) is 0 Å². The summed E-state index contributed by atoms with van der Waals surface area (Å²) in [5.41, 5.74) is 2.91. The summed E-state index contributed by atoms with van der Waals surface area (Å²) in [5.74, 6) is -0.494. The summed E-state index contributed by atoms with van der Waals surface area (Å²) in [5, 5.41) is 8.06. The molecular formula is C26H28N4O3S. The third-order valence-corrected chi connectivity index (χ3v) is 6.00. The highest BCUT2D eigenvalue weighted by Crippen LogP contribution is 2.29. The number of hydrogen-bond donors (Lipinski definition) is 2. The molecule has 0 aliphatic heterocycles. The van der Waals surface area contributed by atoms with Gasteiger partial charge in [0, 0.05) is 36.5 Å². The minimum Gasteiger partial charge on any atom is -0.348 e. The molecule has 3 amide bonds. The van der Waals surface area contributed by atoms with Gasteiger partial charge in [-0.1, -0.05) is 44.2 Å². The summed E-state index contributed by atoms with van der Waals surface area (Å²) in [7, 11) is 0. The molecule has 0 saturated heterocycles. The van der Waals surface area contributed by atoms with Gasteiger partial charge in [0.1, 0.15) is 0 Å². The van der Waals surface area contributed by atoms with Crippen molar-refractivity contribution in [2.45, 2.75) is 33.7 Å². The Labute approximate surface area is 203 Å². The number of thiazole rings is 1. The Kier molecular flexibility index (Phi) is 8.70. The van der Waals surface area contributed by atoms with Crippen LogP contribution in [0.15, 0.2) is 66.1 Å². The third kappa shape index (κ3) is 6.86. The Balaban J connectivity index is 1.58. The van der Waals surface area contributed by atoms with E-state index in [1.165, 1.54) is 29.2 Å². The van der Waals surface area contributed by atoms with E-state index in [-0.39, 0.29) is 23.6 Å². The van der Waals surface area contributed by atoms with Crippen LogP contribution in [0.5, 0.6) is 0 Å². The zero-order chi connectivity index (χ0) is 24.5. The monoisotopic (exact) mass is 476 g/mol. The van der Waals surface area contributed by atoms with Crippen molar-refractivity contribution < 1.29 is 14.4 Å². The Bertz CT molecular complexity index is 1170. The minimum absolute atomic E-state index is 0.0233. The van der Waals surface area contributed by atoms with Crippen LogP contribution in [0.2, 0.25) is 0 Å². The van der Waals surface area contributed by atoms with Crippen LogP contribution < -0.4 is 15.5 Å². The Morgan fingerprint density at radius 2 is 1.88 bits per heavy atom. The van der Waals surface area contributed by atoms with Gasteiger partial charge in [-0.05, 0) is 42.3 Å². The van der Waals surface area contributed by atoms with Gasteiger partial charge >= 0.3 is 0 Å². The number of nitrogens with zero attached hydrogens (tertiary/aromatic N) is 2. The van der Waals surface area contributed by atoms with E-state index in [1.54, 1.807) is 11.5 Å². The highest BCUT2D eigenvalue weighted by molar-refractivity contribution is 7.14. The molecule has 0 radical (unpaired) electrons. The van der Waals surface area contributed by atoms with Crippen LogP contribution in [-0.4, -0.2) is 22.7 Å². The SMILES string of the molecule is CCC(C)C(=O)Nc1cccc(CNC(=O)C=Cc2csc(N(C(C)=O)c3ccccc3)n2)c1. The van der Waals surface area contributed by atoms with Gasteiger partial charge in [0.05, 0.1) is 11.4 Å². The number of benzene rings is 2. The van der Waals surface area contributed by atoms with Gasteiger partial charge in [0.15, 0.2) is 5.13 Å². The summed E-state index contributed by atoms with van der Waals surface area (Å²) in [4.78, 5) is 42.6. The lowest BCUT2D eigenvalue weighted by atomic mass is 10.1. The molecule has 34 heavy (non-hydrogen) atoms. The standard InChI is InChI=1S/C26H28N4O3S/c1-4-18(2)25(33)28-21-10-8-9-20(15-21)16-27-24(32)14-13-22-17-34-26(29-22)30(19(3)31)23-11-6-5-7-12-23/h5-15,17-18H,4,16H2,1-3H3,(H,27,32)(H,28,33). The van der Waals surface area contributed by atoms with Crippen molar-refractivity contribution in [2.24, 2.45) is 5.92 Å². The first-order chi connectivity index (χ1) is 16.4. The molecule has 7 nitrogen and oxygen atoms in total. The number of nitrogens with one attached hydrogen (secondary N) is 2. The first kappa shape index (κ1) is 24.9. The Morgan fingerprint density at radius 3 is 2.59 bits per heavy atom. The molecule has 1 atom stereocenters. The molecule has 0 saturated carbocycles. The molecular weight excluding hydrogens is 448 g/mol. The number of hydrogen-bond acceptors (Lipinski definition) is 5. The maximum Gasteiger partial charge on any atom is 0.244 e. The molecule has 2 aromatic carbocycles. The van der Waals surface area contributed by atoms with E-state index in [4.69, 9.17) is 0 Å². The molecule has 1 aromatic heterocycles. The fourth-order valence-corrected chi connectivity index (χ4v) is 3.93. The third-order valence-electron chi connectivity index (χ3n) is 5.16. The predicted octanol–water partition coefficient (Wildman–Crippen LogP) is 5.14. The van der Waals surface area contributed by atoms with E-state index in [1.807, 2.05) is 68.4 Å². The van der Waals surface area contributed by atoms with Crippen LogP contribution in [0.1, 0.15) is 38.4 Å². The van der Waals surface area contributed by atoms with Crippen molar-refractivity contribution in [3.8, 4) is 0 Å². The van der Waals surface area contributed by atoms with Gasteiger partial charge in [-0.15, -0.1) is 11.3 Å². The zero-order valence-corrected chi connectivity index (χ0v) is 20.3. The lowest BCUT2D eigenvalue weighted by molar-refractivity contribution is -0.119. The summed E-state index contributed by atoms with van der Waals surface area (Å²) < 4.78 is 0. The van der Waals surface area contributed by atoms with Crippen molar-refractivity contribution in [3.05, 3.63) is 77.3 Å². The quantitative estimate of drug-likeness (QED) is 0.418. The van der Waals surface area contributed by atoms with Gasteiger partial charge in [0.2, 0.25) is 17.7 Å². The molecule has 176 valence electrons. The highest BCUT2D eigenvalue weighted by Gasteiger charge is 2.17. The van der Waals surface area contributed by atoms with Crippen molar-refractivity contribution >= 4 is 51.6 Å². The number of carbonyl (C=O) groups is 3. The highest BCUT2D eigenvalue weighted by atomic mass is 32.1. The van der Waals surface area contributed by atoms with Crippen LogP contribution in [0.25, 0.3) is 6.08 Å². The maximum absolute atomic E-state index is 12.3. The smallest absolute Gasteiger partial charge is 0.244 e. The molecule has 1 unspecified atom stereocenters. The number of rotatable bonds is 9. The number of aromatic nitrogens is 1. The summed E-state index contributed by atoms with van der Waals surface area (Å²) in [6.45, 7) is 5.67. The fourth-order valence-electron chi connectivity index (χ4n) is 3.08. The van der Waals surface area contributed by atoms with E-state index in [2.05, 4.69) is 15.6 Å². The number of anilines is 3. The molecule has 0 spiro atoms. The summed E-state index contributed by atoms with van der Waals surface area (Å²) in [6.07, 6.45) is 3.79. The van der Waals surface area contributed by atoms with E-state index in [9.17, 15) is 14.4 Å². The van der Waals surface area contributed by atoms with Gasteiger partial charge in [-0.3, -0.25) is 19.3 Å². The molecule has 0 aliphatic carbocycles. The van der Waals surface area contributed by atoms with E-state index in [0.717, 1.165) is 17.7 Å². The van der Waals surface area contributed by atoms with Crippen molar-refractivity contribution in [1.29, 1.82) is 0 Å². The average Bonchev–Trinajstić information content (AvgIpc) is 3.30. The fraction of sp³-hybridized carbons (Fsp3) is 0.231. The second-order valence-electron chi connectivity index (χ2n) is 7.79. The van der Waals surface area contributed by atoms with E-state index >= 15 is 0 Å². The molecule has 0 bridgehead atoms. The van der Waals surface area contributed by atoms with Crippen LogP contribution in [0, 0.1) is 5.92 Å². The van der Waals surface area contributed by atoms with Crippen LogP contribution >= 0.6 is 11.3 Å². The Hall–Kier alpha value is -3.78. The first-order valence-corrected chi connectivity index (χ1v) is 11.9. The Morgan fingerprint density at radius 1 is 1.12 bits per heavy atom. The summed E-state index contributed by atoms with van der Waals surface area (Å²) >= 11 is 1.33. The number of carbonyl (C=O) groups excluding carboxylic acids is 3. The predicted molar refractivity (Wildman–Crippen MR) is 137 cm³/mol. The maximum atomic E-state index is 12.3. The lowest BCUT2D eigenvalue weighted by Gasteiger charge is -2.17.